The van der Waals surface area contributed by atoms with E-state index in [4.69, 9.17) is 14.2 Å². The smallest absolute Gasteiger partial charge is 0.306 e. The summed E-state index contributed by atoms with van der Waals surface area (Å²) in [6, 6.07) is 0. The minimum atomic E-state index is -0.825. The molecule has 0 fully saturated rings. The number of allylic oxidation sites excluding steroid dienone is 16. The molecule has 6 nitrogen and oxygen atoms in total. The molecule has 1 atom stereocenters. The normalized spacial score (nSPS) is 12.9. The van der Waals surface area contributed by atoms with E-state index in [0.29, 0.717) is 19.3 Å². The van der Waals surface area contributed by atoms with Crippen molar-refractivity contribution in [2.45, 2.75) is 213 Å². The Morgan fingerprint density at radius 1 is 0.367 bits per heavy atom. The third-order valence-corrected chi connectivity index (χ3v) is 9.82. The number of carbonyl (C=O) groups is 3. The summed E-state index contributed by atoms with van der Waals surface area (Å²) in [4.78, 5) is 37.7. The van der Waals surface area contributed by atoms with Gasteiger partial charge in [-0.25, -0.2) is 0 Å². The Hall–Kier alpha value is -3.67. The van der Waals surface area contributed by atoms with Gasteiger partial charge in [0.15, 0.2) is 6.10 Å². The summed E-state index contributed by atoms with van der Waals surface area (Å²) in [5.41, 5.74) is 0. The van der Waals surface area contributed by atoms with Crippen LogP contribution in [0.25, 0.3) is 0 Å². The maximum atomic E-state index is 12.7. The number of ether oxygens (including phenoxy) is 3. The first-order valence-corrected chi connectivity index (χ1v) is 24.3. The van der Waals surface area contributed by atoms with Crippen molar-refractivity contribution in [3.8, 4) is 0 Å². The van der Waals surface area contributed by atoms with Crippen molar-refractivity contribution in [2.24, 2.45) is 0 Å². The zero-order valence-electron chi connectivity index (χ0n) is 38.7. The first kappa shape index (κ1) is 56.3. The molecule has 0 aliphatic carbocycles. The van der Waals surface area contributed by atoms with Crippen LogP contribution in [0.5, 0.6) is 0 Å². The lowest BCUT2D eigenvalue weighted by Crippen LogP contribution is -2.30. The van der Waals surface area contributed by atoms with E-state index in [0.717, 1.165) is 83.5 Å². The fraction of sp³-hybridized carbons (Fsp3) is 0.648. The Balaban J connectivity index is 4.52. The first-order valence-electron chi connectivity index (χ1n) is 24.3. The van der Waals surface area contributed by atoms with E-state index >= 15 is 0 Å². The molecule has 0 aromatic rings. The molecule has 0 aromatic heterocycles. The quantitative estimate of drug-likeness (QED) is 0.0200. The van der Waals surface area contributed by atoms with Crippen LogP contribution in [-0.2, 0) is 28.6 Å². The predicted octanol–water partition coefficient (Wildman–Crippen LogP) is 15.8. The lowest BCUT2D eigenvalue weighted by Gasteiger charge is -2.18. The van der Waals surface area contributed by atoms with Gasteiger partial charge >= 0.3 is 17.9 Å². The summed E-state index contributed by atoms with van der Waals surface area (Å²) in [7, 11) is 0. The minimum absolute atomic E-state index is 0.124. The summed E-state index contributed by atoms with van der Waals surface area (Å²) in [5, 5.41) is 0. The maximum absolute atomic E-state index is 12.7. The Labute approximate surface area is 368 Å². The molecule has 0 heterocycles. The molecule has 0 N–H and O–H groups in total. The highest BCUT2D eigenvalue weighted by Crippen LogP contribution is 2.11. The van der Waals surface area contributed by atoms with Crippen molar-refractivity contribution in [1.29, 1.82) is 0 Å². The average molecular weight is 833 g/mol. The number of hydrogen-bond acceptors (Lipinski definition) is 6. The fourth-order valence-electron chi connectivity index (χ4n) is 6.17. The largest absolute Gasteiger partial charge is 0.462 e. The topological polar surface area (TPSA) is 78.9 Å². The molecule has 0 rings (SSSR count). The number of hydrogen-bond donors (Lipinski definition) is 0. The van der Waals surface area contributed by atoms with Gasteiger partial charge in [-0.2, -0.15) is 0 Å². The van der Waals surface area contributed by atoms with Gasteiger partial charge < -0.3 is 14.2 Å². The Morgan fingerprint density at radius 3 is 1.25 bits per heavy atom. The van der Waals surface area contributed by atoms with E-state index in [1.54, 1.807) is 0 Å². The summed E-state index contributed by atoms with van der Waals surface area (Å²) >= 11 is 0. The fourth-order valence-corrected chi connectivity index (χ4v) is 6.17. The molecule has 0 radical (unpaired) electrons. The van der Waals surface area contributed by atoms with Crippen LogP contribution in [0.1, 0.15) is 207 Å². The van der Waals surface area contributed by atoms with E-state index in [-0.39, 0.29) is 44.0 Å². The van der Waals surface area contributed by atoms with Gasteiger partial charge in [-0.1, -0.05) is 176 Å². The third kappa shape index (κ3) is 45.4. The lowest BCUT2D eigenvalue weighted by atomic mass is 10.1. The van der Waals surface area contributed by atoms with Crippen molar-refractivity contribution in [3.63, 3.8) is 0 Å². The summed E-state index contributed by atoms with van der Waals surface area (Å²) in [5.74, 6) is -1.05. The minimum Gasteiger partial charge on any atom is -0.462 e. The zero-order chi connectivity index (χ0) is 43.7. The Bertz CT molecular complexity index is 1230. The third-order valence-electron chi connectivity index (χ3n) is 9.82. The van der Waals surface area contributed by atoms with Crippen LogP contribution in [0, 0.1) is 0 Å². The molecule has 0 aliphatic rings. The highest BCUT2D eigenvalue weighted by atomic mass is 16.6. The maximum Gasteiger partial charge on any atom is 0.306 e. The first-order chi connectivity index (χ1) is 29.5. The molecule has 60 heavy (non-hydrogen) atoms. The molecule has 0 spiro atoms. The average Bonchev–Trinajstić information content (AvgIpc) is 3.24. The van der Waals surface area contributed by atoms with Crippen LogP contribution in [0.15, 0.2) is 97.2 Å². The molecular weight excluding hydrogens is 745 g/mol. The molecule has 0 aliphatic heterocycles. The van der Waals surface area contributed by atoms with Gasteiger partial charge in [-0.05, 0) is 109 Å². The van der Waals surface area contributed by atoms with E-state index in [1.165, 1.54) is 70.6 Å². The van der Waals surface area contributed by atoms with Gasteiger partial charge in [0, 0.05) is 19.3 Å². The SMILES string of the molecule is CC/C=C\C/C=C\CCCCC(=O)OCC(COC(=O)CCC/C=C\C/C=C\C/C=C\C/C=C\CCCCC)OC(=O)CCCCC/C=C\C=C/CCCCCCCCC. The van der Waals surface area contributed by atoms with Crippen LogP contribution in [0.2, 0.25) is 0 Å². The molecule has 0 saturated carbocycles. The highest BCUT2D eigenvalue weighted by molar-refractivity contribution is 5.71. The Morgan fingerprint density at radius 2 is 0.717 bits per heavy atom. The van der Waals surface area contributed by atoms with Crippen LogP contribution < -0.4 is 0 Å². The number of rotatable bonds is 42. The molecule has 0 saturated heterocycles. The van der Waals surface area contributed by atoms with E-state index in [9.17, 15) is 14.4 Å². The second-order valence-corrected chi connectivity index (χ2v) is 15.7. The van der Waals surface area contributed by atoms with E-state index in [1.807, 2.05) is 0 Å². The second kappa shape index (κ2) is 48.0. The van der Waals surface area contributed by atoms with Crippen molar-refractivity contribution in [3.05, 3.63) is 97.2 Å². The van der Waals surface area contributed by atoms with Gasteiger partial charge in [0.25, 0.3) is 0 Å². The van der Waals surface area contributed by atoms with E-state index < -0.39 is 6.10 Å². The summed E-state index contributed by atoms with van der Waals surface area (Å²) in [6.07, 6.45) is 62.7. The van der Waals surface area contributed by atoms with Crippen molar-refractivity contribution < 1.29 is 28.6 Å². The van der Waals surface area contributed by atoms with Gasteiger partial charge in [-0.3, -0.25) is 14.4 Å². The van der Waals surface area contributed by atoms with Crippen molar-refractivity contribution in [1.82, 2.24) is 0 Å². The standard InChI is InChI=1S/C54H88O6/c1-4-7-10-13-16-19-21-23-25-27-29-30-32-35-38-41-44-47-53(56)59-50-51(49-58-52(55)46-43-40-37-34-18-15-12-9-6-3)60-54(57)48-45-42-39-36-33-31-28-26-24-22-20-17-14-11-8-5-2/h9,12,16,18-19,23,25-26,28-31,33-35,38,51H,4-8,10-11,13-15,17,20-22,24,27,32,36-37,39-50H2,1-3H3/b12-9-,19-16-,25-23-,28-26-,30-29-,33-31-,34-18-,38-35-. The molecule has 0 bridgehead atoms. The zero-order valence-corrected chi connectivity index (χ0v) is 38.7. The Kier molecular flexibility index (Phi) is 45.1. The molecule has 1 unspecified atom stereocenters. The molecular formula is C54H88O6. The van der Waals surface area contributed by atoms with Gasteiger partial charge in [0.1, 0.15) is 13.2 Å². The molecule has 0 aromatic carbocycles. The molecule has 6 heteroatoms. The monoisotopic (exact) mass is 833 g/mol. The number of carbonyl (C=O) groups excluding carboxylic acids is 3. The summed E-state index contributed by atoms with van der Waals surface area (Å²) < 4.78 is 16.6. The predicted molar refractivity (Wildman–Crippen MR) is 256 cm³/mol. The van der Waals surface area contributed by atoms with Gasteiger partial charge in [0.05, 0.1) is 0 Å². The lowest BCUT2D eigenvalue weighted by molar-refractivity contribution is -0.167. The van der Waals surface area contributed by atoms with Crippen molar-refractivity contribution >= 4 is 17.9 Å². The molecule has 0 amide bonds. The van der Waals surface area contributed by atoms with E-state index in [2.05, 4.69) is 118 Å². The van der Waals surface area contributed by atoms with Crippen LogP contribution >= 0.6 is 0 Å². The number of esters is 3. The van der Waals surface area contributed by atoms with Crippen LogP contribution in [0.3, 0.4) is 0 Å². The van der Waals surface area contributed by atoms with Crippen LogP contribution in [-0.4, -0.2) is 37.2 Å². The second-order valence-electron chi connectivity index (χ2n) is 15.7. The molecule has 340 valence electrons. The van der Waals surface area contributed by atoms with Crippen LogP contribution in [0.4, 0.5) is 0 Å². The highest BCUT2D eigenvalue weighted by Gasteiger charge is 2.19. The van der Waals surface area contributed by atoms with Gasteiger partial charge in [-0.15, -0.1) is 0 Å². The summed E-state index contributed by atoms with van der Waals surface area (Å²) in [6.45, 7) is 6.35. The van der Waals surface area contributed by atoms with Gasteiger partial charge in [0.2, 0.25) is 0 Å². The van der Waals surface area contributed by atoms with Crippen molar-refractivity contribution in [2.75, 3.05) is 13.2 Å². The number of unbranched alkanes of at least 4 members (excludes halogenated alkanes) is 16.